The average Bonchev–Trinajstić information content (AvgIpc) is 3.40. The van der Waals surface area contributed by atoms with Crippen molar-refractivity contribution in [2.45, 2.75) is 13.8 Å². The van der Waals surface area contributed by atoms with Gasteiger partial charge in [-0.15, -0.1) is 0 Å². The van der Waals surface area contributed by atoms with E-state index < -0.39 is 0 Å². The lowest BCUT2D eigenvalue weighted by Crippen LogP contribution is -1.95. The number of pyridine rings is 1. The molecule has 0 spiro atoms. The molecule has 0 unspecified atom stereocenters. The molecular formula is C41H32N2. The van der Waals surface area contributed by atoms with E-state index in [-0.39, 0.29) is 0 Å². The van der Waals surface area contributed by atoms with Crippen molar-refractivity contribution in [3.8, 4) is 11.3 Å². The second-order valence-corrected chi connectivity index (χ2v) is 11.0. The molecule has 0 saturated heterocycles. The van der Waals surface area contributed by atoms with Gasteiger partial charge in [-0.2, -0.15) is 0 Å². The number of hydrogen-bond acceptors (Lipinski definition) is 1. The fourth-order valence-electron chi connectivity index (χ4n) is 6.41. The van der Waals surface area contributed by atoms with Crippen molar-refractivity contribution < 1.29 is 0 Å². The third kappa shape index (κ3) is 4.31. The Balaban J connectivity index is 1.56. The minimum absolute atomic E-state index is 0.960. The number of hydrogen-bond donors (Lipinski definition) is 0. The van der Waals surface area contributed by atoms with Crippen LogP contribution in [0.3, 0.4) is 0 Å². The van der Waals surface area contributed by atoms with Crippen molar-refractivity contribution in [2.75, 3.05) is 0 Å². The Morgan fingerprint density at radius 1 is 0.721 bits per heavy atom. The summed E-state index contributed by atoms with van der Waals surface area (Å²) in [6, 6.07) is 32.9. The van der Waals surface area contributed by atoms with Gasteiger partial charge in [0.1, 0.15) is 0 Å². The molecule has 7 aromatic rings. The van der Waals surface area contributed by atoms with E-state index in [2.05, 4.69) is 141 Å². The van der Waals surface area contributed by atoms with E-state index in [1.807, 2.05) is 18.2 Å². The molecule has 7 rings (SSSR count). The lowest BCUT2D eigenvalue weighted by atomic mass is 9.96. The predicted octanol–water partition coefficient (Wildman–Crippen LogP) is 11.4. The van der Waals surface area contributed by atoms with Crippen molar-refractivity contribution in [3.05, 3.63) is 152 Å². The highest BCUT2D eigenvalue weighted by atomic mass is 15.0. The third-order valence-electron chi connectivity index (χ3n) is 8.44. The average molecular weight is 553 g/mol. The number of allylic oxidation sites excluding steroid dienone is 7. The monoisotopic (exact) mass is 552 g/mol. The highest BCUT2D eigenvalue weighted by molar-refractivity contribution is 6.32. The summed E-state index contributed by atoms with van der Waals surface area (Å²) in [4.78, 5) is 5.20. The molecule has 5 aromatic carbocycles. The molecule has 0 amide bonds. The van der Waals surface area contributed by atoms with Crippen molar-refractivity contribution in [3.63, 3.8) is 0 Å². The molecule has 206 valence electrons. The first-order chi connectivity index (χ1) is 21.1. The summed E-state index contributed by atoms with van der Waals surface area (Å²) in [6.45, 7) is 12.0. The summed E-state index contributed by atoms with van der Waals surface area (Å²) in [5.41, 5.74) is 8.91. The second kappa shape index (κ2) is 10.7. The van der Waals surface area contributed by atoms with Crippen molar-refractivity contribution >= 4 is 66.0 Å². The Hall–Kier alpha value is -5.47. The van der Waals surface area contributed by atoms with Gasteiger partial charge in [-0.1, -0.05) is 128 Å². The molecule has 0 aliphatic carbocycles. The van der Waals surface area contributed by atoms with Gasteiger partial charge in [0.25, 0.3) is 0 Å². The molecule has 0 bridgehead atoms. The van der Waals surface area contributed by atoms with Crippen LogP contribution in [0.2, 0.25) is 0 Å². The fourth-order valence-corrected chi connectivity index (χ4v) is 6.41. The highest BCUT2D eigenvalue weighted by Crippen LogP contribution is 2.43. The van der Waals surface area contributed by atoms with Crippen LogP contribution in [0, 0.1) is 6.92 Å². The van der Waals surface area contributed by atoms with E-state index >= 15 is 0 Å². The van der Waals surface area contributed by atoms with Crippen LogP contribution < -0.4 is 0 Å². The van der Waals surface area contributed by atoms with Gasteiger partial charge in [-0.25, -0.2) is 4.98 Å². The smallest absolute Gasteiger partial charge is 0.0744 e. The van der Waals surface area contributed by atoms with E-state index in [9.17, 15) is 0 Å². The molecule has 2 heteroatoms. The van der Waals surface area contributed by atoms with Gasteiger partial charge >= 0.3 is 0 Å². The maximum Gasteiger partial charge on any atom is 0.0744 e. The quantitative estimate of drug-likeness (QED) is 0.148. The molecule has 2 aromatic heterocycles. The van der Waals surface area contributed by atoms with E-state index in [0.29, 0.717) is 0 Å². The molecule has 0 N–H and O–H groups in total. The molecule has 0 fully saturated rings. The standard InChI is InChI=1S/C41H32N2/c1-5-7-9-14-27(3)43-38-26-31(37-25-23-30-21-20-29(15-8-6-2)28(4)40(30)42-37)22-24-36(38)39-34-18-12-10-16-32(34)33-17-11-13-19-35(33)41(39)43/h5-26H,1-2H2,3-4H3/b9-7-,15-8-,27-14+. The first kappa shape index (κ1) is 26.4. The van der Waals surface area contributed by atoms with Gasteiger partial charge in [0, 0.05) is 32.8 Å². The van der Waals surface area contributed by atoms with Gasteiger partial charge in [-0.05, 0) is 59.3 Å². The van der Waals surface area contributed by atoms with Gasteiger partial charge < -0.3 is 4.57 Å². The number of nitrogens with zero attached hydrogens (tertiary/aromatic N) is 2. The maximum absolute atomic E-state index is 5.20. The molecule has 0 radical (unpaired) electrons. The first-order valence-corrected chi connectivity index (χ1v) is 14.6. The van der Waals surface area contributed by atoms with Gasteiger partial charge in [-0.3, -0.25) is 0 Å². The Morgan fingerprint density at radius 2 is 1.42 bits per heavy atom. The molecule has 2 nitrogen and oxygen atoms in total. The van der Waals surface area contributed by atoms with E-state index in [1.54, 1.807) is 6.08 Å². The van der Waals surface area contributed by atoms with E-state index in [0.717, 1.165) is 38.9 Å². The number of aromatic nitrogens is 2. The number of benzene rings is 5. The minimum atomic E-state index is 0.960. The molecule has 2 heterocycles. The van der Waals surface area contributed by atoms with Crippen molar-refractivity contribution in [2.24, 2.45) is 0 Å². The van der Waals surface area contributed by atoms with Crippen LogP contribution in [0.5, 0.6) is 0 Å². The van der Waals surface area contributed by atoms with E-state index in [4.69, 9.17) is 4.98 Å². The predicted molar refractivity (Wildman–Crippen MR) is 188 cm³/mol. The summed E-state index contributed by atoms with van der Waals surface area (Å²) in [5, 5.41) is 8.69. The van der Waals surface area contributed by atoms with Crippen molar-refractivity contribution in [1.82, 2.24) is 9.55 Å². The number of rotatable bonds is 6. The van der Waals surface area contributed by atoms with Gasteiger partial charge in [0.05, 0.1) is 22.2 Å². The fraction of sp³-hybridized carbons (Fsp3) is 0.0488. The van der Waals surface area contributed by atoms with Crippen LogP contribution in [0.4, 0.5) is 0 Å². The van der Waals surface area contributed by atoms with E-state index in [1.165, 1.54) is 43.4 Å². The zero-order valence-corrected chi connectivity index (χ0v) is 24.5. The number of aryl methyl sites for hydroxylation is 1. The van der Waals surface area contributed by atoms with Crippen LogP contribution >= 0.6 is 0 Å². The summed E-state index contributed by atoms with van der Waals surface area (Å²) in [5.74, 6) is 0. The zero-order valence-electron chi connectivity index (χ0n) is 24.5. The normalized spacial score (nSPS) is 12.6. The van der Waals surface area contributed by atoms with Gasteiger partial charge in [0.2, 0.25) is 0 Å². The third-order valence-corrected chi connectivity index (χ3v) is 8.44. The van der Waals surface area contributed by atoms with Gasteiger partial charge in [0.15, 0.2) is 0 Å². The molecular weight excluding hydrogens is 520 g/mol. The Labute approximate surface area is 251 Å². The first-order valence-electron chi connectivity index (χ1n) is 14.6. The maximum atomic E-state index is 5.20. The van der Waals surface area contributed by atoms with Crippen LogP contribution in [-0.2, 0) is 0 Å². The molecule has 43 heavy (non-hydrogen) atoms. The second-order valence-electron chi connectivity index (χ2n) is 11.0. The summed E-state index contributed by atoms with van der Waals surface area (Å²) >= 11 is 0. The van der Waals surface area contributed by atoms with Crippen LogP contribution in [-0.4, -0.2) is 9.55 Å². The lowest BCUT2D eigenvalue weighted by Gasteiger charge is -2.12. The largest absolute Gasteiger partial charge is 0.313 e. The minimum Gasteiger partial charge on any atom is -0.313 e. The number of fused-ring (bicyclic) bond motifs is 9. The van der Waals surface area contributed by atoms with Crippen LogP contribution in [0.1, 0.15) is 18.1 Å². The van der Waals surface area contributed by atoms with Crippen LogP contribution in [0.25, 0.3) is 77.3 Å². The topological polar surface area (TPSA) is 17.8 Å². The highest BCUT2D eigenvalue weighted by Gasteiger charge is 2.19. The molecule has 0 aliphatic rings. The summed E-state index contributed by atoms with van der Waals surface area (Å²) in [7, 11) is 0. The Bertz CT molecular complexity index is 2340. The lowest BCUT2D eigenvalue weighted by molar-refractivity contribution is 1.21. The Kier molecular flexibility index (Phi) is 6.60. The Morgan fingerprint density at radius 3 is 2.19 bits per heavy atom. The molecule has 0 aliphatic heterocycles. The summed E-state index contributed by atoms with van der Waals surface area (Å²) in [6.07, 6.45) is 13.9. The SMILES string of the molecule is C=C/C=C\C=C(/C)n1c2cc(-c3ccc4ccc(/C=C\C=C)c(C)c4n3)ccc2c2c3ccccc3c3ccccc3c21. The van der Waals surface area contributed by atoms with Crippen LogP contribution in [0.15, 0.2) is 141 Å². The molecule has 0 atom stereocenters. The zero-order chi connectivity index (χ0) is 29.5. The summed E-state index contributed by atoms with van der Waals surface area (Å²) < 4.78 is 2.42. The molecule has 0 saturated carbocycles. The van der Waals surface area contributed by atoms with Crippen molar-refractivity contribution in [1.29, 1.82) is 0 Å².